The molecule has 1 rings (SSSR count). The van der Waals surface area contributed by atoms with Gasteiger partial charge in [-0.1, -0.05) is 13.0 Å². The Kier molecular flexibility index (Phi) is 5.03. The molecule has 0 N–H and O–H groups in total. The average molecular weight is 220 g/mol. The molecule has 2 nitrogen and oxygen atoms in total. The smallest absolute Gasteiger partial charge is 0.129 e. The third-order valence-electron chi connectivity index (χ3n) is 2.77. The Morgan fingerprint density at radius 1 is 1.31 bits per heavy atom. The van der Waals surface area contributed by atoms with Crippen molar-refractivity contribution < 1.29 is 9.53 Å². The normalized spacial score (nSPS) is 10.2. The zero-order valence-corrected chi connectivity index (χ0v) is 10.4. The Bertz CT molecular complexity index is 356. The van der Waals surface area contributed by atoms with Gasteiger partial charge in [0.05, 0.1) is 7.11 Å². The number of ketones is 1. The van der Waals surface area contributed by atoms with Crippen LogP contribution in [0.1, 0.15) is 37.8 Å². The van der Waals surface area contributed by atoms with E-state index < -0.39 is 0 Å². The average Bonchev–Trinajstić information content (AvgIpc) is 2.29. The first kappa shape index (κ1) is 12.8. The molecule has 88 valence electrons. The molecular weight excluding hydrogens is 200 g/mol. The van der Waals surface area contributed by atoms with Crippen LogP contribution < -0.4 is 4.74 Å². The number of carbonyl (C=O) groups excluding carboxylic acids is 1. The zero-order chi connectivity index (χ0) is 12.0. The molecular formula is C14H20O2. The lowest BCUT2D eigenvalue weighted by Crippen LogP contribution is -1.97. The summed E-state index contributed by atoms with van der Waals surface area (Å²) in [7, 11) is 1.68. The molecule has 0 atom stereocenters. The Hall–Kier alpha value is -1.31. The van der Waals surface area contributed by atoms with Crippen LogP contribution in [0.15, 0.2) is 18.2 Å². The number of methoxy groups -OCH3 is 1. The van der Waals surface area contributed by atoms with Crippen LogP contribution in [-0.4, -0.2) is 12.9 Å². The molecule has 0 unspecified atom stereocenters. The maximum Gasteiger partial charge on any atom is 0.129 e. The molecule has 0 spiro atoms. The molecule has 1 aromatic carbocycles. The topological polar surface area (TPSA) is 26.3 Å². The van der Waals surface area contributed by atoms with E-state index in [4.69, 9.17) is 4.74 Å². The third kappa shape index (κ3) is 3.69. The van der Waals surface area contributed by atoms with Crippen LogP contribution in [0, 0.1) is 0 Å². The van der Waals surface area contributed by atoms with E-state index in [1.807, 2.05) is 6.07 Å². The largest absolute Gasteiger partial charge is 0.497 e. The Morgan fingerprint density at radius 2 is 2.06 bits per heavy atom. The summed E-state index contributed by atoms with van der Waals surface area (Å²) in [6.45, 7) is 3.79. The Morgan fingerprint density at radius 3 is 2.62 bits per heavy atom. The van der Waals surface area contributed by atoms with Crippen LogP contribution in [0.3, 0.4) is 0 Å². The number of carbonyl (C=O) groups is 1. The van der Waals surface area contributed by atoms with Crippen LogP contribution in [0.2, 0.25) is 0 Å². The molecule has 0 radical (unpaired) electrons. The predicted molar refractivity (Wildman–Crippen MR) is 66.0 cm³/mol. The van der Waals surface area contributed by atoms with Crippen molar-refractivity contribution in [2.45, 2.75) is 39.5 Å². The lowest BCUT2D eigenvalue weighted by atomic mass is 9.99. The molecule has 0 aliphatic heterocycles. The summed E-state index contributed by atoms with van der Waals surface area (Å²) < 4.78 is 5.20. The molecule has 0 aliphatic carbocycles. The van der Waals surface area contributed by atoms with Crippen LogP contribution in [-0.2, 0) is 17.6 Å². The summed E-state index contributed by atoms with van der Waals surface area (Å²) in [6.07, 6.45) is 3.60. The van der Waals surface area contributed by atoms with Gasteiger partial charge in [0.1, 0.15) is 11.5 Å². The summed E-state index contributed by atoms with van der Waals surface area (Å²) in [5.41, 5.74) is 2.66. The van der Waals surface area contributed by atoms with E-state index >= 15 is 0 Å². The van der Waals surface area contributed by atoms with E-state index in [0.717, 1.165) is 25.0 Å². The fourth-order valence-corrected chi connectivity index (χ4v) is 1.83. The van der Waals surface area contributed by atoms with Crippen molar-refractivity contribution in [3.8, 4) is 5.75 Å². The molecule has 0 heterocycles. The predicted octanol–water partition coefficient (Wildman–Crippen LogP) is 3.17. The summed E-state index contributed by atoms with van der Waals surface area (Å²) in [4.78, 5) is 10.9. The van der Waals surface area contributed by atoms with E-state index in [2.05, 4.69) is 19.1 Å². The second-order valence-corrected chi connectivity index (χ2v) is 4.04. The van der Waals surface area contributed by atoms with Gasteiger partial charge in [0.2, 0.25) is 0 Å². The van der Waals surface area contributed by atoms with Crippen molar-refractivity contribution in [1.82, 2.24) is 0 Å². The molecule has 16 heavy (non-hydrogen) atoms. The minimum Gasteiger partial charge on any atom is -0.497 e. The van der Waals surface area contributed by atoms with Gasteiger partial charge in [-0.25, -0.2) is 0 Å². The van der Waals surface area contributed by atoms with Gasteiger partial charge in [0, 0.05) is 6.42 Å². The minimum absolute atomic E-state index is 0.270. The highest BCUT2D eigenvalue weighted by Gasteiger charge is 2.03. The monoisotopic (exact) mass is 220 g/mol. The van der Waals surface area contributed by atoms with E-state index in [1.54, 1.807) is 14.0 Å². The summed E-state index contributed by atoms with van der Waals surface area (Å²) >= 11 is 0. The molecule has 0 saturated heterocycles. The maximum absolute atomic E-state index is 10.9. The first-order chi connectivity index (χ1) is 7.67. The van der Waals surface area contributed by atoms with Crippen LogP contribution >= 0.6 is 0 Å². The van der Waals surface area contributed by atoms with Gasteiger partial charge in [-0.15, -0.1) is 0 Å². The van der Waals surface area contributed by atoms with Gasteiger partial charge in [-0.2, -0.15) is 0 Å². The van der Waals surface area contributed by atoms with Gasteiger partial charge in [0.15, 0.2) is 0 Å². The van der Waals surface area contributed by atoms with Crippen molar-refractivity contribution in [2.75, 3.05) is 7.11 Å². The second kappa shape index (κ2) is 6.31. The molecule has 0 saturated carbocycles. The lowest BCUT2D eigenvalue weighted by molar-refractivity contribution is -0.117. The number of Topliss-reactive ketones (excluding diaryl/α,β-unsaturated/α-hetero) is 1. The van der Waals surface area contributed by atoms with Crippen molar-refractivity contribution >= 4 is 5.78 Å². The third-order valence-corrected chi connectivity index (χ3v) is 2.77. The molecule has 2 heteroatoms. The minimum atomic E-state index is 0.270. The SMILES string of the molecule is CCc1cc(OC)ccc1CCCC(C)=O. The van der Waals surface area contributed by atoms with E-state index in [0.29, 0.717) is 6.42 Å². The molecule has 0 aliphatic rings. The molecule has 0 fully saturated rings. The van der Waals surface area contributed by atoms with Crippen molar-refractivity contribution in [3.05, 3.63) is 29.3 Å². The summed E-state index contributed by atoms with van der Waals surface area (Å²) in [5.74, 6) is 1.18. The number of rotatable bonds is 6. The van der Waals surface area contributed by atoms with Crippen LogP contribution in [0.4, 0.5) is 0 Å². The van der Waals surface area contributed by atoms with Gasteiger partial charge in [-0.3, -0.25) is 0 Å². The fourth-order valence-electron chi connectivity index (χ4n) is 1.83. The number of hydrogen-bond donors (Lipinski definition) is 0. The zero-order valence-electron chi connectivity index (χ0n) is 10.4. The van der Waals surface area contributed by atoms with E-state index in [-0.39, 0.29) is 5.78 Å². The summed E-state index contributed by atoms with van der Waals surface area (Å²) in [5, 5.41) is 0. The van der Waals surface area contributed by atoms with Gasteiger partial charge in [-0.05, 0) is 49.4 Å². The highest BCUT2D eigenvalue weighted by Crippen LogP contribution is 2.19. The van der Waals surface area contributed by atoms with Crippen molar-refractivity contribution in [3.63, 3.8) is 0 Å². The highest BCUT2D eigenvalue weighted by atomic mass is 16.5. The molecule has 1 aromatic rings. The van der Waals surface area contributed by atoms with E-state index in [9.17, 15) is 4.79 Å². The standard InChI is InChI=1S/C14H20O2/c1-4-12-10-14(16-3)9-8-13(12)7-5-6-11(2)15/h8-10H,4-7H2,1-3H3. The molecule has 0 amide bonds. The first-order valence-electron chi connectivity index (χ1n) is 5.82. The van der Waals surface area contributed by atoms with Gasteiger partial charge in [0.25, 0.3) is 0 Å². The maximum atomic E-state index is 10.9. The molecule has 0 bridgehead atoms. The van der Waals surface area contributed by atoms with Crippen LogP contribution in [0.5, 0.6) is 5.75 Å². The number of ether oxygens (including phenoxy) is 1. The second-order valence-electron chi connectivity index (χ2n) is 4.04. The fraction of sp³-hybridized carbons (Fsp3) is 0.500. The van der Waals surface area contributed by atoms with Crippen LogP contribution in [0.25, 0.3) is 0 Å². The van der Waals surface area contributed by atoms with E-state index in [1.165, 1.54) is 11.1 Å². The number of aryl methyl sites for hydroxylation is 2. The lowest BCUT2D eigenvalue weighted by Gasteiger charge is -2.09. The summed E-state index contributed by atoms with van der Waals surface area (Å²) in [6, 6.07) is 6.18. The number of hydrogen-bond acceptors (Lipinski definition) is 2. The first-order valence-corrected chi connectivity index (χ1v) is 5.82. The molecule has 0 aromatic heterocycles. The van der Waals surface area contributed by atoms with Gasteiger partial charge < -0.3 is 9.53 Å². The van der Waals surface area contributed by atoms with Crippen molar-refractivity contribution in [1.29, 1.82) is 0 Å². The van der Waals surface area contributed by atoms with Crippen molar-refractivity contribution in [2.24, 2.45) is 0 Å². The number of benzene rings is 1. The van der Waals surface area contributed by atoms with Gasteiger partial charge >= 0.3 is 0 Å². The Balaban J connectivity index is 2.68. The highest BCUT2D eigenvalue weighted by molar-refractivity contribution is 5.75. The Labute approximate surface area is 97.6 Å². The quantitative estimate of drug-likeness (QED) is 0.736.